The minimum Gasteiger partial charge on any atom is -0.201 e. The SMILES string of the molecule is [2H]C([2H])([2H])c1ccc(-c2cc3c(cc2C)C(C)(C)CCC3(C)C)[n+](C)c1. The van der Waals surface area contributed by atoms with Gasteiger partial charge in [0.05, 0.1) is 0 Å². The fourth-order valence-corrected chi connectivity index (χ4v) is 3.89. The van der Waals surface area contributed by atoms with Crippen molar-refractivity contribution in [3.8, 4) is 11.3 Å². The predicted molar refractivity (Wildman–Crippen MR) is 97.8 cm³/mol. The van der Waals surface area contributed by atoms with E-state index in [1.807, 2.05) is 17.7 Å². The largest absolute Gasteiger partial charge is 0.212 e. The maximum atomic E-state index is 7.63. The van der Waals surface area contributed by atoms with Gasteiger partial charge in [0, 0.05) is 21.3 Å². The van der Waals surface area contributed by atoms with E-state index < -0.39 is 6.85 Å². The second-order valence-corrected chi connectivity index (χ2v) is 8.39. The maximum absolute atomic E-state index is 7.63. The van der Waals surface area contributed by atoms with E-state index in [9.17, 15) is 0 Å². The molecular weight excluding hydrogens is 278 g/mol. The van der Waals surface area contributed by atoms with Crippen molar-refractivity contribution in [3.05, 3.63) is 52.7 Å². The summed E-state index contributed by atoms with van der Waals surface area (Å²) in [7, 11) is 1.93. The Morgan fingerprint density at radius 2 is 1.61 bits per heavy atom. The first-order chi connectivity index (χ1) is 11.8. The van der Waals surface area contributed by atoms with E-state index >= 15 is 0 Å². The van der Waals surface area contributed by atoms with Crippen LogP contribution in [0.1, 0.15) is 66.9 Å². The van der Waals surface area contributed by atoms with Crippen LogP contribution in [0.2, 0.25) is 0 Å². The zero-order valence-electron chi connectivity index (χ0n) is 18.2. The van der Waals surface area contributed by atoms with Crippen molar-refractivity contribution in [1.82, 2.24) is 0 Å². The van der Waals surface area contributed by atoms with E-state index in [1.54, 1.807) is 12.3 Å². The van der Waals surface area contributed by atoms with Gasteiger partial charge in [-0.15, -0.1) is 0 Å². The molecule has 0 atom stereocenters. The van der Waals surface area contributed by atoms with Crippen molar-refractivity contribution < 1.29 is 8.68 Å². The van der Waals surface area contributed by atoms with Gasteiger partial charge in [-0.1, -0.05) is 33.8 Å². The molecule has 1 aliphatic rings. The third kappa shape index (κ3) is 2.71. The Balaban J connectivity index is 2.19. The van der Waals surface area contributed by atoms with Crippen LogP contribution in [0.25, 0.3) is 11.3 Å². The minimum atomic E-state index is -2.08. The molecule has 1 aromatic carbocycles. The highest BCUT2D eigenvalue weighted by Crippen LogP contribution is 2.47. The van der Waals surface area contributed by atoms with Crippen LogP contribution in [0.4, 0.5) is 0 Å². The molecule has 0 fully saturated rings. The Morgan fingerprint density at radius 1 is 1.00 bits per heavy atom. The van der Waals surface area contributed by atoms with Gasteiger partial charge >= 0.3 is 0 Å². The topological polar surface area (TPSA) is 3.88 Å². The van der Waals surface area contributed by atoms with Crippen molar-refractivity contribution in [2.75, 3.05) is 0 Å². The molecule has 1 aromatic heterocycles. The minimum absolute atomic E-state index is 0.157. The van der Waals surface area contributed by atoms with Crippen LogP contribution in [-0.2, 0) is 17.9 Å². The molecule has 1 heteroatoms. The molecule has 0 unspecified atom stereocenters. The molecule has 0 radical (unpaired) electrons. The molecule has 23 heavy (non-hydrogen) atoms. The summed E-state index contributed by atoms with van der Waals surface area (Å²) in [5.41, 5.74) is 7.09. The second-order valence-electron chi connectivity index (χ2n) is 8.39. The lowest BCUT2D eigenvalue weighted by atomic mass is 9.62. The predicted octanol–water partition coefficient (Wildman–Crippen LogP) is 5.14. The highest BCUT2D eigenvalue weighted by Gasteiger charge is 2.37. The van der Waals surface area contributed by atoms with E-state index in [4.69, 9.17) is 4.11 Å². The van der Waals surface area contributed by atoms with E-state index in [2.05, 4.69) is 46.8 Å². The van der Waals surface area contributed by atoms with Gasteiger partial charge in [0.1, 0.15) is 7.05 Å². The fourth-order valence-electron chi connectivity index (χ4n) is 3.89. The first kappa shape index (κ1) is 12.8. The first-order valence-electron chi connectivity index (χ1n) is 9.99. The van der Waals surface area contributed by atoms with Gasteiger partial charge in [-0.25, -0.2) is 4.57 Å². The van der Waals surface area contributed by atoms with Crippen LogP contribution in [0.3, 0.4) is 0 Å². The molecule has 0 spiro atoms. The van der Waals surface area contributed by atoms with Crippen molar-refractivity contribution in [1.29, 1.82) is 0 Å². The Labute approximate surface area is 145 Å². The number of hydrogen-bond acceptors (Lipinski definition) is 0. The fraction of sp³-hybridized carbons (Fsp3) is 0.500. The summed E-state index contributed by atoms with van der Waals surface area (Å²) in [6, 6.07) is 8.37. The number of aromatic nitrogens is 1. The number of fused-ring (bicyclic) bond motifs is 1. The summed E-state index contributed by atoms with van der Waals surface area (Å²) in [5.74, 6) is 0. The molecule has 2 aromatic rings. The van der Waals surface area contributed by atoms with Crippen molar-refractivity contribution in [2.24, 2.45) is 7.05 Å². The molecule has 0 N–H and O–H groups in total. The van der Waals surface area contributed by atoms with E-state index in [0.29, 0.717) is 5.56 Å². The molecule has 0 saturated carbocycles. The lowest BCUT2D eigenvalue weighted by Crippen LogP contribution is -2.35. The highest BCUT2D eigenvalue weighted by molar-refractivity contribution is 5.65. The van der Waals surface area contributed by atoms with Crippen LogP contribution >= 0.6 is 0 Å². The summed E-state index contributed by atoms with van der Waals surface area (Å²) in [6.45, 7) is 9.42. The molecule has 1 aliphatic carbocycles. The summed E-state index contributed by atoms with van der Waals surface area (Å²) >= 11 is 0. The van der Waals surface area contributed by atoms with Crippen LogP contribution in [0.15, 0.2) is 30.5 Å². The van der Waals surface area contributed by atoms with Gasteiger partial charge in [-0.05, 0) is 66.3 Å². The quantitative estimate of drug-likeness (QED) is 0.642. The Bertz CT molecular complexity index is 860. The molecule has 0 aliphatic heterocycles. The Hall–Kier alpha value is -1.63. The Morgan fingerprint density at radius 3 is 2.17 bits per heavy atom. The summed E-state index contributed by atoms with van der Waals surface area (Å²) in [5, 5.41) is 0. The average molecular weight is 312 g/mol. The molecule has 3 rings (SSSR count). The lowest BCUT2D eigenvalue weighted by Gasteiger charge is -2.42. The van der Waals surface area contributed by atoms with Gasteiger partial charge < -0.3 is 0 Å². The standard InChI is InChI=1S/C22H30N/c1-15-8-9-20(23(7)14-15)17-13-19-18(12-16(17)2)21(3,4)10-11-22(19,5)6/h8-9,12-14H,10-11H2,1-7H3/q+1/i1D3. The molecule has 0 saturated heterocycles. The zero-order valence-corrected chi connectivity index (χ0v) is 15.2. The number of nitrogens with zero attached hydrogens (tertiary/aromatic N) is 1. The number of benzene rings is 1. The summed E-state index contributed by atoms with van der Waals surface area (Å²) in [4.78, 5) is 0. The zero-order chi connectivity index (χ0) is 19.5. The second kappa shape index (κ2) is 5.19. The smallest absolute Gasteiger partial charge is 0.201 e. The third-order valence-electron chi connectivity index (χ3n) is 5.61. The van der Waals surface area contributed by atoms with Gasteiger partial charge in [0.2, 0.25) is 5.69 Å². The normalized spacial score (nSPS) is 21.0. The van der Waals surface area contributed by atoms with E-state index in [0.717, 1.165) is 5.69 Å². The summed E-state index contributed by atoms with van der Waals surface area (Å²) < 4.78 is 24.8. The van der Waals surface area contributed by atoms with Crippen molar-refractivity contribution in [3.63, 3.8) is 0 Å². The lowest BCUT2D eigenvalue weighted by molar-refractivity contribution is -0.660. The van der Waals surface area contributed by atoms with Crippen LogP contribution < -0.4 is 4.57 Å². The van der Waals surface area contributed by atoms with Crippen molar-refractivity contribution >= 4 is 0 Å². The van der Waals surface area contributed by atoms with E-state index in [1.165, 1.54) is 35.1 Å². The average Bonchev–Trinajstić information content (AvgIpc) is 2.51. The molecule has 1 nitrogen and oxygen atoms in total. The number of hydrogen-bond donors (Lipinski definition) is 0. The highest BCUT2D eigenvalue weighted by atomic mass is 14.9. The number of pyridine rings is 1. The molecule has 0 amide bonds. The number of aryl methyl sites for hydroxylation is 3. The third-order valence-corrected chi connectivity index (χ3v) is 5.61. The maximum Gasteiger partial charge on any atom is 0.212 e. The summed E-state index contributed by atoms with van der Waals surface area (Å²) in [6.07, 6.45) is 4.11. The van der Waals surface area contributed by atoms with Crippen LogP contribution in [0, 0.1) is 13.8 Å². The van der Waals surface area contributed by atoms with Gasteiger partial charge in [-0.3, -0.25) is 0 Å². The van der Waals surface area contributed by atoms with Crippen LogP contribution in [0.5, 0.6) is 0 Å². The Kier molecular flexibility index (Phi) is 2.88. The molecule has 0 bridgehead atoms. The van der Waals surface area contributed by atoms with Crippen molar-refractivity contribution in [2.45, 2.75) is 65.1 Å². The first-order valence-corrected chi connectivity index (χ1v) is 8.49. The molecule has 1 heterocycles. The monoisotopic (exact) mass is 311 g/mol. The van der Waals surface area contributed by atoms with Crippen LogP contribution in [-0.4, -0.2) is 0 Å². The van der Waals surface area contributed by atoms with Gasteiger partial charge in [0.25, 0.3) is 0 Å². The number of rotatable bonds is 1. The molecular formula is C22H30N+. The van der Waals surface area contributed by atoms with Gasteiger partial charge in [-0.2, -0.15) is 0 Å². The molecule has 122 valence electrons. The van der Waals surface area contributed by atoms with Gasteiger partial charge in [0.15, 0.2) is 6.20 Å². The van der Waals surface area contributed by atoms with E-state index in [-0.39, 0.29) is 10.8 Å².